The number of rotatable bonds is 0. The molecule has 1 heterocycles. The van der Waals surface area contributed by atoms with Gasteiger partial charge in [0.1, 0.15) is 0 Å². The zero-order valence-electron chi connectivity index (χ0n) is 6.95. The summed E-state index contributed by atoms with van der Waals surface area (Å²) in [4.78, 5) is 6.28. The number of nitrogens with two attached hydrogens (primary N) is 2. The fourth-order valence-corrected chi connectivity index (χ4v) is 0.365. The maximum absolute atomic E-state index is 5.29. The van der Waals surface area contributed by atoms with Gasteiger partial charge in [-0.1, -0.05) is 0 Å². The maximum atomic E-state index is 5.29. The van der Waals surface area contributed by atoms with Gasteiger partial charge in [-0.05, 0) is 25.7 Å². The Morgan fingerprint density at radius 2 is 1.67 bits per heavy atom. The Balaban J connectivity index is -0.0000000480. The number of aromatic nitrogens is 2. The van der Waals surface area contributed by atoms with Crippen molar-refractivity contribution in [3.63, 3.8) is 0 Å². The lowest BCUT2D eigenvalue weighted by molar-refractivity contribution is 1.31. The molecule has 0 radical (unpaired) electrons. The number of aromatic amines is 1. The average Bonchev–Trinajstić information content (AvgIpc) is 2.48. The Hall–Kier alpha value is -0.000000000000000111. The molecule has 0 unspecified atom stereocenters. The number of hydrogen-bond donors (Lipinski definition) is 3. The van der Waals surface area contributed by atoms with Gasteiger partial charge in [-0.15, -0.1) is 24.8 Å². The molecule has 0 spiro atoms. The molecule has 4 nitrogen and oxygen atoms in total. The Bertz CT molecular complexity index is 122. The molecule has 0 aromatic carbocycles. The Kier molecular flexibility index (Phi) is 42.4. The van der Waals surface area contributed by atoms with Crippen LogP contribution >= 0.6 is 36.4 Å². The molecular weight excluding hydrogens is 222 g/mol. The van der Waals surface area contributed by atoms with Crippen molar-refractivity contribution >= 4 is 36.4 Å². The first kappa shape index (κ1) is 22.7. The molecule has 0 amide bonds. The van der Waals surface area contributed by atoms with Crippen molar-refractivity contribution in [1.82, 2.24) is 9.97 Å². The smallest absolute Gasteiger partial charge is 0.199 e. The first-order valence-corrected chi connectivity index (χ1v) is 3.08. The monoisotopic (exact) mass is 236 g/mol. The first-order chi connectivity index (χ1) is 4.89. The van der Waals surface area contributed by atoms with Crippen molar-refractivity contribution in [3.8, 4) is 0 Å². The van der Waals surface area contributed by atoms with Crippen LogP contribution in [0.2, 0.25) is 5.28 Å². The predicted molar refractivity (Wildman–Crippen MR) is 58.3 cm³/mol. The van der Waals surface area contributed by atoms with Crippen LogP contribution in [-0.2, 0) is 0 Å². The van der Waals surface area contributed by atoms with E-state index < -0.39 is 0 Å². The number of nitrogens with zero attached hydrogens (tertiary/aromatic N) is 1. The molecule has 1 aromatic heterocycles. The van der Waals surface area contributed by atoms with Crippen LogP contribution in [0.3, 0.4) is 0 Å². The topological polar surface area (TPSA) is 80.7 Å². The van der Waals surface area contributed by atoms with Crippen LogP contribution in [0.15, 0.2) is 12.4 Å². The molecule has 0 fully saturated rings. The number of halogens is 3. The van der Waals surface area contributed by atoms with Crippen LogP contribution in [0.25, 0.3) is 0 Å². The third-order valence-electron chi connectivity index (χ3n) is 0.465. The van der Waals surface area contributed by atoms with E-state index in [1.807, 2.05) is 0 Å². The van der Waals surface area contributed by atoms with Crippen molar-refractivity contribution in [2.75, 3.05) is 14.1 Å². The molecule has 0 bridgehead atoms. The summed E-state index contributed by atoms with van der Waals surface area (Å²) in [7, 11) is 3.00. The van der Waals surface area contributed by atoms with Crippen molar-refractivity contribution in [2.24, 2.45) is 11.5 Å². The van der Waals surface area contributed by atoms with E-state index in [0.717, 1.165) is 0 Å². The summed E-state index contributed by atoms with van der Waals surface area (Å²) in [6.45, 7) is 0. The molecule has 0 atom stereocenters. The number of imidazole rings is 1. The average molecular weight is 238 g/mol. The molecule has 1 rings (SSSR count). The largest absolute Gasteiger partial charge is 0.335 e. The zero-order chi connectivity index (χ0) is 8.41. The molecule has 0 saturated heterocycles. The SMILES string of the molecule is CN.CN.Cl.Cl.Clc1ncc[nH]1. The highest BCUT2D eigenvalue weighted by atomic mass is 35.5. The Morgan fingerprint density at radius 1 is 1.25 bits per heavy atom. The molecule has 0 aliphatic heterocycles. The van der Waals surface area contributed by atoms with E-state index in [9.17, 15) is 0 Å². The van der Waals surface area contributed by atoms with E-state index in [4.69, 9.17) is 11.6 Å². The molecule has 7 heteroatoms. The maximum Gasteiger partial charge on any atom is 0.199 e. The predicted octanol–water partition coefficient (Wildman–Crippen LogP) is 1.06. The third kappa shape index (κ3) is 16.5. The fraction of sp³-hybridized carbons (Fsp3) is 0.400. The molecule has 5 N–H and O–H groups in total. The first-order valence-electron chi connectivity index (χ1n) is 2.70. The summed E-state index contributed by atoms with van der Waals surface area (Å²) in [5, 5.41) is 0.440. The molecule has 0 aliphatic carbocycles. The van der Waals surface area contributed by atoms with E-state index in [1.54, 1.807) is 12.4 Å². The van der Waals surface area contributed by atoms with Crippen molar-refractivity contribution in [1.29, 1.82) is 0 Å². The van der Waals surface area contributed by atoms with Gasteiger partial charge in [0, 0.05) is 12.4 Å². The number of H-pyrrole nitrogens is 1. The Labute approximate surface area is 89.9 Å². The summed E-state index contributed by atoms with van der Waals surface area (Å²) in [6.07, 6.45) is 3.27. The van der Waals surface area contributed by atoms with Gasteiger partial charge in [0.15, 0.2) is 5.28 Å². The van der Waals surface area contributed by atoms with Crippen LogP contribution < -0.4 is 11.5 Å². The molecule has 76 valence electrons. The molecule has 0 aliphatic rings. The van der Waals surface area contributed by atoms with Gasteiger partial charge >= 0.3 is 0 Å². The lowest BCUT2D eigenvalue weighted by Gasteiger charge is -1.64. The van der Waals surface area contributed by atoms with Gasteiger partial charge < -0.3 is 16.5 Å². The van der Waals surface area contributed by atoms with E-state index in [0.29, 0.717) is 5.28 Å². The number of hydrogen-bond acceptors (Lipinski definition) is 3. The van der Waals surface area contributed by atoms with Crippen molar-refractivity contribution in [3.05, 3.63) is 17.7 Å². The second kappa shape index (κ2) is 22.4. The van der Waals surface area contributed by atoms with E-state index in [1.165, 1.54) is 14.1 Å². The van der Waals surface area contributed by atoms with Gasteiger partial charge in [-0.2, -0.15) is 0 Å². The lowest BCUT2D eigenvalue weighted by atomic mass is 11.0. The van der Waals surface area contributed by atoms with Crippen molar-refractivity contribution in [2.45, 2.75) is 0 Å². The summed E-state index contributed by atoms with van der Waals surface area (Å²) in [5.41, 5.74) is 9.00. The van der Waals surface area contributed by atoms with Crippen LogP contribution in [0.1, 0.15) is 0 Å². The summed E-state index contributed by atoms with van der Waals surface area (Å²) in [5.74, 6) is 0. The second-order valence-corrected chi connectivity index (χ2v) is 1.24. The highest BCUT2D eigenvalue weighted by Gasteiger charge is 1.77. The quantitative estimate of drug-likeness (QED) is 0.631. The van der Waals surface area contributed by atoms with Crippen LogP contribution in [0.5, 0.6) is 0 Å². The van der Waals surface area contributed by atoms with Gasteiger partial charge in [0.05, 0.1) is 0 Å². The minimum Gasteiger partial charge on any atom is -0.335 e. The highest BCUT2D eigenvalue weighted by molar-refractivity contribution is 6.28. The van der Waals surface area contributed by atoms with Gasteiger partial charge in [-0.3, -0.25) is 0 Å². The van der Waals surface area contributed by atoms with E-state index in [-0.39, 0.29) is 24.8 Å². The summed E-state index contributed by atoms with van der Waals surface area (Å²) in [6, 6.07) is 0. The van der Waals surface area contributed by atoms with Gasteiger partial charge in [-0.25, -0.2) is 4.98 Å². The molecule has 1 aromatic rings. The normalized spacial score (nSPS) is 5.42. The molecular formula is C5H15Cl3N4. The van der Waals surface area contributed by atoms with E-state index >= 15 is 0 Å². The zero-order valence-corrected chi connectivity index (χ0v) is 9.34. The molecule has 12 heavy (non-hydrogen) atoms. The van der Waals surface area contributed by atoms with E-state index in [2.05, 4.69) is 21.4 Å². The fourth-order valence-electron chi connectivity index (χ4n) is 0.246. The van der Waals surface area contributed by atoms with Crippen molar-refractivity contribution < 1.29 is 0 Å². The van der Waals surface area contributed by atoms with Gasteiger partial charge in [0.25, 0.3) is 0 Å². The van der Waals surface area contributed by atoms with Crippen LogP contribution in [-0.4, -0.2) is 24.1 Å². The lowest BCUT2D eigenvalue weighted by Crippen LogP contribution is -1.69. The van der Waals surface area contributed by atoms with Crippen LogP contribution in [0, 0.1) is 0 Å². The standard InChI is InChI=1S/C3H3ClN2.2CH5N.2ClH/c4-3-5-1-2-6-3;2*1-2;;/h1-2H,(H,5,6);2*2H2,1H3;2*1H. The number of nitrogens with one attached hydrogen (secondary N) is 1. The minimum absolute atomic E-state index is 0. The second-order valence-electron chi connectivity index (χ2n) is 0.880. The minimum atomic E-state index is 0. The highest BCUT2D eigenvalue weighted by Crippen LogP contribution is 1.92. The van der Waals surface area contributed by atoms with Crippen LogP contribution in [0.4, 0.5) is 0 Å². The third-order valence-corrected chi connectivity index (χ3v) is 0.672. The van der Waals surface area contributed by atoms with Gasteiger partial charge in [0.2, 0.25) is 0 Å². The molecule has 0 saturated carbocycles. The Morgan fingerprint density at radius 3 is 1.75 bits per heavy atom. The summed E-state index contributed by atoms with van der Waals surface area (Å²) >= 11 is 5.29. The summed E-state index contributed by atoms with van der Waals surface area (Å²) < 4.78 is 0.